The summed E-state index contributed by atoms with van der Waals surface area (Å²) in [6.45, 7) is 4.03. The summed E-state index contributed by atoms with van der Waals surface area (Å²) in [6, 6.07) is 8.16. The van der Waals surface area contributed by atoms with Crippen LogP contribution in [0.2, 0.25) is 0 Å². The zero-order chi connectivity index (χ0) is 18.6. The van der Waals surface area contributed by atoms with Gasteiger partial charge < -0.3 is 9.84 Å². The number of allylic oxidation sites excluding steroid dienone is 1. The van der Waals surface area contributed by atoms with Crippen LogP contribution in [0.3, 0.4) is 0 Å². The van der Waals surface area contributed by atoms with E-state index < -0.39 is 0 Å². The van der Waals surface area contributed by atoms with Gasteiger partial charge in [0.2, 0.25) is 0 Å². The molecule has 0 radical (unpaired) electrons. The van der Waals surface area contributed by atoms with Gasteiger partial charge in [0.1, 0.15) is 0 Å². The Morgan fingerprint density at radius 2 is 1.81 bits per heavy atom. The minimum absolute atomic E-state index is 0.268. The van der Waals surface area contributed by atoms with Gasteiger partial charge in [-0.3, -0.25) is 0 Å². The molecule has 0 saturated carbocycles. The summed E-state index contributed by atoms with van der Waals surface area (Å²) < 4.78 is 5.55. The van der Waals surface area contributed by atoms with Gasteiger partial charge in [0, 0.05) is 5.56 Å². The van der Waals surface area contributed by atoms with Crippen molar-refractivity contribution in [1.29, 1.82) is 0 Å². The van der Waals surface area contributed by atoms with Gasteiger partial charge >= 0.3 is 0 Å². The van der Waals surface area contributed by atoms with Crippen LogP contribution in [0.5, 0.6) is 5.75 Å². The van der Waals surface area contributed by atoms with Crippen molar-refractivity contribution in [3.63, 3.8) is 0 Å². The van der Waals surface area contributed by atoms with Crippen LogP contribution in [0, 0.1) is 0 Å². The lowest BCUT2D eigenvalue weighted by atomic mass is 10.1. The molecule has 1 atom stereocenters. The molecule has 26 heavy (non-hydrogen) atoms. The molecule has 1 aromatic carbocycles. The molecule has 0 spiro atoms. The van der Waals surface area contributed by atoms with Gasteiger partial charge in [0.15, 0.2) is 11.6 Å². The summed E-state index contributed by atoms with van der Waals surface area (Å²) in [7, 11) is 0. The molecule has 0 aliphatic carbocycles. The van der Waals surface area contributed by atoms with Crippen molar-refractivity contribution in [2.45, 2.75) is 64.9 Å². The second-order valence-corrected chi connectivity index (χ2v) is 6.67. The minimum Gasteiger partial charge on any atom is -0.462 e. The Bertz CT molecular complexity index is 649. The Kier molecular flexibility index (Phi) is 8.84. The highest BCUT2D eigenvalue weighted by Crippen LogP contribution is 2.18. The highest BCUT2D eigenvalue weighted by Gasteiger charge is 2.03. The van der Waals surface area contributed by atoms with E-state index in [2.05, 4.69) is 35.1 Å². The van der Waals surface area contributed by atoms with Crippen molar-refractivity contribution in [3.8, 4) is 17.1 Å². The summed E-state index contributed by atoms with van der Waals surface area (Å²) >= 11 is 0. The van der Waals surface area contributed by atoms with Gasteiger partial charge in [-0.1, -0.05) is 50.5 Å². The zero-order valence-corrected chi connectivity index (χ0v) is 15.9. The van der Waals surface area contributed by atoms with Crippen LogP contribution >= 0.6 is 0 Å². The normalized spacial score (nSPS) is 12.4. The number of unbranched alkanes of at least 4 members (excludes halogenated alkanes) is 4. The Labute approximate surface area is 157 Å². The zero-order valence-electron chi connectivity index (χ0n) is 15.9. The minimum atomic E-state index is -0.268. The van der Waals surface area contributed by atoms with E-state index in [1.54, 1.807) is 18.7 Å². The van der Waals surface area contributed by atoms with Crippen LogP contribution in [0.25, 0.3) is 11.4 Å². The average molecular weight is 354 g/mol. The predicted octanol–water partition coefficient (Wildman–Crippen LogP) is 5.32. The van der Waals surface area contributed by atoms with Gasteiger partial charge in [-0.15, -0.1) is 0 Å². The van der Waals surface area contributed by atoms with E-state index in [0.717, 1.165) is 24.8 Å². The maximum absolute atomic E-state index is 9.36. The van der Waals surface area contributed by atoms with Crippen molar-refractivity contribution < 1.29 is 9.84 Å². The maximum Gasteiger partial charge on any atom is 0.163 e. The lowest BCUT2D eigenvalue weighted by Crippen LogP contribution is -2.01. The standard InChI is InChI=1S/C22H30N2O2/c1-3-4-5-6-7-8-15-26-21-16-23-22(24-17-21)20-13-11-19(12-14-20)10-9-18(2)25/h8,11-18,25H,3-7,9-10H2,1-2H3. The van der Waals surface area contributed by atoms with Crippen molar-refractivity contribution in [3.05, 3.63) is 54.6 Å². The van der Waals surface area contributed by atoms with Crippen LogP contribution in [0.4, 0.5) is 0 Å². The number of aryl methyl sites for hydroxylation is 1. The molecule has 1 unspecified atom stereocenters. The van der Waals surface area contributed by atoms with Crippen molar-refractivity contribution in [2.24, 2.45) is 0 Å². The number of aliphatic hydroxyl groups excluding tert-OH is 1. The van der Waals surface area contributed by atoms with E-state index in [1.807, 2.05) is 19.1 Å². The topological polar surface area (TPSA) is 55.2 Å². The first-order chi connectivity index (χ1) is 12.7. The molecule has 1 aromatic heterocycles. The fraction of sp³-hybridized carbons (Fsp3) is 0.455. The van der Waals surface area contributed by atoms with Crippen LogP contribution < -0.4 is 4.74 Å². The van der Waals surface area contributed by atoms with E-state index >= 15 is 0 Å². The van der Waals surface area contributed by atoms with E-state index in [9.17, 15) is 5.11 Å². The molecular formula is C22H30N2O2. The quantitative estimate of drug-likeness (QED) is 0.438. The van der Waals surface area contributed by atoms with Crippen molar-refractivity contribution in [2.75, 3.05) is 0 Å². The lowest BCUT2D eigenvalue weighted by Gasteiger charge is -2.06. The molecule has 4 heteroatoms. The molecule has 0 aliphatic heterocycles. The molecule has 0 saturated heterocycles. The van der Waals surface area contributed by atoms with Gasteiger partial charge in [-0.25, -0.2) is 9.97 Å². The van der Waals surface area contributed by atoms with Crippen LogP contribution in [-0.4, -0.2) is 21.2 Å². The molecule has 140 valence electrons. The molecule has 0 bridgehead atoms. The largest absolute Gasteiger partial charge is 0.462 e. The number of aliphatic hydroxyl groups is 1. The van der Waals surface area contributed by atoms with Crippen molar-refractivity contribution in [1.82, 2.24) is 9.97 Å². The SMILES string of the molecule is CCCCCCC=COc1cnc(-c2ccc(CCC(C)O)cc2)nc1. The molecule has 2 rings (SSSR count). The highest BCUT2D eigenvalue weighted by atomic mass is 16.5. The number of benzene rings is 1. The molecule has 0 amide bonds. The summed E-state index contributed by atoms with van der Waals surface area (Å²) in [5.74, 6) is 1.33. The Morgan fingerprint density at radius 3 is 2.46 bits per heavy atom. The Hall–Kier alpha value is -2.20. The molecule has 2 aromatic rings. The number of rotatable bonds is 11. The number of hydrogen-bond donors (Lipinski definition) is 1. The first kappa shape index (κ1) is 20.1. The second kappa shape index (κ2) is 11.4. The third kappa shape index (κ3) is 7.36. The first-order valence-electron chi connectivity index (χ1n) is 9.60. The number of aromatic nitrogens is 2. The van der Waals surface area contributed by atoms with Gasteiger partial charge in [0.05, 0.1) is 24.8 Å². The fourth-order valence-corrected chi connectivity index (χ4v) is 2.61. The Morgan fingerprint density at radius 1 is 1.08 bits per heavy atom. The van der Waals surface area contributed by atoms with Crippen LogP contribution in [0.1, 0.15) is 57.9 Å². The summed E-state index contributed by atoms with van der Waals surface area (Å²) in [5.41, 5.74) is 2.18. The maximum atomic E-state index is 9.36. The van der Waals surface area contributed by atoms with E-state index in [-0.39, 0.29) is 6.10 Å². The third-order valence-electron chi connectivity index (χ3n) is 4.22. The molecule has 0 aliphatic rings. The van der Waals surface area contributed by atoms with Gasteiger partial charge in [0.25, 0.3) is 0 Å². The summed E-state index contributed by atoms with van der Waals surface area (Å²) in [6.07, 6.45) is 14.6. The fourth-order valence-electron chi connectivity index (χ4n) is 2.61. The molecule has 4 nitrogen and oxygen atoms in total. The Balaban J connectivity index is 1.82. The molecule has 0 fully saturated rings. The van der Waals surface area contributed by atoms with Crippen LogP contribution in [0.15, 0.2) is 49.0 Å². The molecular weight excluding hydrogens is 324 g/mol. The van der Waals surface area contributed by atoms with Gasteiger partial charge in [-0.05, 0) is 44.2 Å². The first-order valence-corrected chi connectivity index (χ1v) is 9.60. The molecule has 1 N–H and O–H groups in total. The van der Waals surface area contributed by atoms with Crippen LogP contribution in [-0.2, 0) is 6.42 Å². The van der Waals surface area contributed by atoms with Gasteiger partial charge in [-0.2, -0.15) is 0 Å². The lowest BCUT2D eigenvalue weighted by molar-refractivity contribution is 0.185. The number of nitrogens with zero attached hydrogens (tertiary/aromatic N) is 2. The highest BCUT2D eigenvalue weighted by molar-refractivity contribution is 5.55. The average Bonchev–Trinajstić information content (AvgIpc) is 2.66. The number of ether oxygens (including phenoxy) is 1. The number of hydrogen-bond acceptors (Lipinski definition) is 4. The second-order valence-electron chi connectivity index (χ2n) is 6.67. The molecule has 1 heterocycles. The monoisotopic (exact) mass is 354 g/mol. The summed E-state index contributed by atoms with van der Waals surface area (Å²) in [5, 5.41) is 9.36. The smallest absolute Gasteiger partial charge is 0.163 e. The predicted molar refractivity (Wildman–Crippen MR) is 106 cm³/mol. The van der Waals surface area contributed by atoms with E-state index in [1.165, 1.54) is 31.2 Å². The van der Waals surface area contributed by atoms with E-state index in [4.69, 9.17) is 4.74 Å². The summed E-state index contributed by atoms with van der Waals surface area (Å²) in [4.78, 5) is 8.76. The van der Waals surface area contributed by atoms with Crippen molar-refractivity contribution >= 4 is 0 Å². The third-order valence-corrected chi connectivity index (χ3v) is 4.22. The van der Waals surface area contributed by atoms with E-state index in [0.29, 0.717) is 11.6 Å².